The topological polar surface area (TPSA) is 98.6 Å². The summed E-state index contributed by atoms with van der Waals surface area (Å²) in [6.07, 6.45) is 9.16. The molecule has 2 N–H and O–H groups in total. The maximum absolute atomic E-state index is 5.70. The number of nitrogens with two attached hydrogens (primary N) is 1. The summed E-state index contributed by atoms with van der Waals surface area (Å²) in [5, 5.41) is 8.45. The molecule has 4 heterocycles. The van der Waals surface area contributed by atoms with Crippen LogP contribution in [0.3, 0.4) is 0 Å². The Kier molecular flexibility index (Phi) is 4.48. The molecule has 1 atom stereocenters. The van der Waals surface area contributed by atoms with Crippen molar-refractivity contribution in [2.45, 2.75) is 44.7 Å². The Morgan fingerprint density at radius 2 is 2.11 bits per heavy atom. The molecule has 1 unspecified atom stereocenters. The van der Waals surface area contributed by atoms with Gasteiger partial charge < -0.3 is 10.6 Å². The van der Waals surface area contributed by atoms with Crippen molar-refractivity contribution in [2.24, 2.45) is 5.73 Å². The first-order valence-electron chi connectivity index (χ1n) is 9.99. The molecule has 0 aromatic carbocycles. The molecule has 0 amide bonds. The minimum atomic E-state index is 0.284. The number of aryl methyl sites for hydroxylation is 1. The van der Waals surface area contributed by atoms with Crippen molar-refractivity contribution >= 4 is 5.82 Å². The van der Waals surface area contributed by atoms with Crippen molar-refractivity contribution in [3.05, 3.63) is 47.5 Å². The highest BCUT2D eigenvalue weighted by atomic mass is 15.4. The van der Waals surface area contributed by atoms with Gasteiger partial charge in [-0.05, 0) is 44.2 Å². The van der Waals surface area contributed by atoms with E-state index >= 15 is 0 Å². The van der Waals surface area contributed by atoms with Crippen LogP contribution in [-0.2, 0) is 19.4 Å². The van der Waals surface area contributed by atoms with Crippen molar-refractivity contribution < 1.29 is 0 Å². The zero-order chi connectivity index (χ0) is 18.9. The number of piperidine rings is 1. The van der Waals surface area contributed by atoms with E-state index in [9.17, 15) is 0 Å². The van der Waals surface area contributed by atoms with Crippen LogP contribution in [0.2, 0.25) is 0 Å². The van der Waals surface area contributed by atoms with E-state index in [0.29, 0.717) is 6.54 Å². The van der Waals surface area contributed by atoms with Crippen LogP contribution in [-0.4, -0.2) is 43.0 Å². The van der Waals surface area contributed by atoms with E-state index in [1.807, 2.05) is 29.1 Å². The molecule has 144 valence electrons. The summed E-state index contributed by atoms with van der Waals surface area (Å²) in [4.78, 5) is 16.7. The summed E-state index contributed by atoms with van der Waals surface area (Å²) in [5.74, 6) is 1.80. The van der Waals surface area contributed by atoms with Gasteiger partial charge in [0.05, 0.1) is 17.9 Å². The molecule has 1 aliphatic carbocycles. The minimum absolute atomic E-state index is 0.284. The highest BCUT2D eigenvalue weighted by molar-refractivity contribution is 5.59. The molecule has 8 heteroatoms. The van der Waals surface area contributed by atoms with Gasteiger partial charge in [0.25, 0.3) is 0 Å². The molecule has 0 spiro atoms. The zero-order valence-electron chi connectivity index (χ0n) is 15.8. The number of hydrogen-bond donors (Lipinski definition) is 1. The van der Waals surface area contributed by atoms with E-state index in [-0.39, 0.29) is 6.04 Å². The van der Waals surface area contributed by atoms with Gasteiger partial charge in [-0.25, -0.2) is 14.6 Å². The van der Waals surface area contributed by atoms with Crippen molar-refractivity contribution in [2.75, 3.05) is 18.0 Å². The van der Waals surface area contributed by atoms with Crippen molar-refractivity contribution in [3.63, 3.8) is 0 Å². The lowest BCUT2D eigenvalue weighted by molar-refractivity contribution is 0.367. The first-order chi connectivity index (χ1) is 13.8. The Morgan fingerprint density at radius 1 is 1.14 bits per heavy atom. The lowest BCUT2D eigenvalue weighted by Crippen LogP contribution is -2.38. The van der Waals surface area contributed by atoms with Crippen molar-refractivity contribution in [3.8, 4) is 11.5 Å². The van der Waals surface area contributed by atoms with Gasteiger partial charge in [0.15, 0.2) is 5.82 Å². The van der Waals surface area contributed by atoms with Crippen LogP contribution in [0.4, 0.5) is 5.82 Å². The summed E-state index contributed by atoms with van der Waals surface area (Å²) in [6, 6.07) is 6.16. The Balaban J connectivity index is 1.49. The first kappa shape index (κ1) is 17.2. The molecule has 28 heavy (non-hydrogen) atoms. The Bertz CT molecular complexity index is 968. The Morgan fingerprint density at radius 3 is 2.93 bits per heavy atom. The fraction of sp³-hybridized carbons (Fsp3) is 0.450. The van der Waals surface area contributed by atoms with Crippen molar-refractivity contribution in [1.29, 1.82) is 0 Å². The van der Waals surface area contributed by atoms with Gasteiger partial charge in [0.2, 0.25) is 0 Å². The third kappa shape index (κ3) is 3.13. The second-order valence-corrected chi connectivity index (χ2v) is 7.50. The first-order valence-corrected chi connectivity index (χ1v) is 9.99. The predicted octanol–water partition coefficient (Wildman–Crippen LogP) is 1.92. The fourth-order valence-corrected chi connectivity index (χ4v) is 4.23. The third-order valence-electron chi connectivity index (χ3n) is 5.64. The monoisotopic (exact) mass is 376 g/mol. The van der Waals surface area contributed by atoms with E-state index < -0.39 is 0 Å². The smallest absolute Gasteiger partial charge is 0.180 e. The van der Waals surface area contributed by atoms with E-state index in [1.54, 1.807) is 6.20 Å². The van der Waals surface area contributed by atoms with Crippen LogP contribution in [0.15, 0.2) is 30.6 Å². The van der Waals surface area contributed by atoms with Gasteiger partial charge in [-0.1, -0.05) is 11.3 Å². The number of fused-ring (bicyclic) bond motifs is 1. The van der Waals surface area contributed by atoms with Gasteiger partial charge in [0.1, 0.15) is 11.5 Å². The van der Waals surface area contributed by atoms with Gasteiger partial charge in [-0.3, -0.25) is 4.98 Å². The number of pyridine rings is 1. The average Bonchev–Trinajstić information content (AvgIpc) is 3.43. The summed E-state index contributed by atoms with van der Waals surface area (Å²) < 4.78 is 1.97. The van der Waals surface area contributed by atoms with Crippen LogP contribution < -0.4 is 10.6 Å². The molecular weight excluding hydrogens is 352 g/mol. The van der Waals surface area contributed by atoms with E-state index in [0.717, 1.165) is 68.2 Å². The number of aromatic nitrogens is 6. The zero-order valence-corrected chi connectivity index (χ0v) is 15.8. The summed E-state index contributed by atoms with van der Waals surface area (Å²) in [5.41, 5.74) is 9.84. The second-order valence-electron chi connectivity index (χ2n) is 7.50. The highest BCUT2D eigenvalue weighted by Crippen LogP contribution is 2.34. The lowest BCUT2D eigenvalue weighted by Gasteiger charge is -2.34. The average molecular weight is 376 g/mol. The third-order valence-corrected chi connectivity index (χ3v) is 5.64. The van der Waals surface area contributed by atoms with Gasteiger partial charge in [-0.15, -0.1) is 5.10 Å². The van der Waals surface area contributed by atoms with E-state index in [4.69, 9.17) is 15.7 Å². The predicted molar refractivity (Wildman–Crippen MR) is 106 cm³/mol. The number of rotatable bonds is 4. The van der Waals surface area contributed by atoms with Crippen LogP contribution in [0.25, 0.3) is 11.5 Å². The van der Waals surface area contributed by atoms with Crippen LogP contribution >= 0.6 is 0 Å². The molecular formula is C20H24N8. The van der Waals surface area contributed by atoms with Gasteiger partial charge >= 0.3 is 0 Å². The van der Waals surface area contributed by atoms with Gasteiger partial charge in [-0.2, -0.15) is 0 Å². The molecule has 8 nitrogen and oxygen atoms in total. The number of anilines is 1. The largest absolute Gasteiger partial charge is 0.354 e. The Labute approximate surface area is 163 Å². The molecule has 2 aliphatic rings. The molecule has 1 aliphatic heterocycles. The minimum Gasteiger partial charge on any atom is -0.354 e. The number of hydrogen-bond acceptors (Lipinski definition) is 7. The van der Waals surface area contributed by atoms with E-state index in [2.05, 4.69) is 20.2 Å². The molecule has 1 fully saturated rings. The molecule has 1 saturated heterocycles. The molecule has 5 rings (SSSR count). The molecule has 0 radical (unpaired) electrons. The molecule has 3 aromatic rings. The fourth-order valence-electron chi connectivity index (χ4n) is 4.23. The SMILES string of the molecule is NCc1cn(C2CCCN(c3nc(-c4ccccn4)nc4c3CCC4)C2)nn1. The second kappa shape index (κ2) is 7.27. The standard InChI is InChI=1S/C20H24N8/c21-11-14-12-28(26-25-14)15-5-4-10-27(13-15)20-16-6-3-8-17(16)23-19(24-20)18-7-1-2-9-22-18/h1-2,7,9,12,15H,3-6,8,10-11,13,21H2. The molecule has 3 aromatic heterocycles. The molecule has 0 saturated carbocycles. The Hall–Kier alpha value is -2.87. The quantitative estimate of drug-likeness (QED) is 0.743. The van der Waals surface area contributed by atoms with E-state index in [1.165, 1.54) is 11.3 Å². The van der Waals surface area contributed by atoms with Gasteiger partial charge in [0, 0.05) is 37.1 Å². The molecule has 0 bridgehead atoms. The summed E-state index contributed by atoms with van der Waals surface area (Å²) >= 11 is 0. The number of nitrogens with zero attached hydrogens (tertiary/aromatic N) is 7. The maximum Gasteiger partial charge on any atom is 0.180 e. The summed E-state index contributed by atoms with van der Waals surface area (Å²) in [6.45, 7) is 2.29. The lowest BCUT2D eigenvalue weighted by atomic mass is 10.0. The highest BCUT2D eigenvalue weighted by Gasteiger charge is 2.28. The van der Waals surface area contributed by atoms with Crippen molar-refractivity contribution in [1.82, 2.24) is 29.9 Å². The maximum atomic E-state index is 5.70. The normalized spacial score (nSPS) is 19.0. The van der Waals surface area contributed by atoms with Crippen LogP contribution in [0.5, 0.6) is 0 Å². The summed E-state index contributed by atoms with van der Waals surface area (Å²) in [7, 11) is 0. The van der Waals surface area contributed by atoms with Crippen LogP contribution in [0, 0.1) is 0 Å². The van der Waals surface area contributed by atoms with Crippen LogP contribution in [0.1, 0.15) is 42.3 Å².